The lowest BCUT2D eigenvalue weighted by Crippen LogP contribution is -2.24. The summed E-state index contributed by atoms with van der Waals surface area (Å²) in [6.07, 6.45) is -2.09. The fraction of sp³-hybridized carbons (Fsp3) is 0.0909. The molecule has 0 fully saturated rings. The van der Waals surface area contributed by atoms with Crippen LogP contribution in [0.4, 0.5) is 13.2 Å². The van der Waals surface area contributed by atoms with Gasteiger partial charge in [-0.25, -0.2) is 9.97 Å². The van der Waals surface area contributed by atoms with Gasteiger partial charge >= 0.3 is 6.18 Å². The highest BCUT2D eigenvalue weighted by molar-refractivity contribution is 5.95. The van der Waals surface area contributed by atoms with Gasteiger partial charge in [-0.15, -0.1) is 0 Å². The predicted octanol–water partition coefficient (Wildman–Crippen LogP) is 4.77. The third-order valence-electron chi connectivity index (χ3n) is 4.34. The number of hydrogen-bond acceptors (Lipinski definition) is 5. The predicted molar refractivity (Wildman–Crippen MR) is 106 cm³/mol. The molecule has 0 bridgehead atoms. The number of alkyl halides is 3. The third kappa shape index (κ3) is 4.95. The zero-order valence-electron chi connectivity index (χ0n) is 15.9. The normalized spacial score (nSPS) is 11.3. The molecule has 1 N–H and O–H groups in total. The van der Waals surface area contributed by atoms with E-state index in [4.69, 9.17) is 4.74 Å². The standard InChI is InChI=1S/C22H15F3N4O2/c23-22(24,25)15-5-9-20(27-12-15)31-17-6-8-18-14(11-17)4-7-19(29-18)21(30)28-13-16-3-1-2-10-26-16/h1-12H,13H2,(H,28,30). The van der Waals surface area contributed by atoms with Crippen LogP contribution in [0.3, 0.4) is 0 Å². The van der Waals surface area contributed by atoms with Crippen molar-refractivity contribution < 1.29 is 22.7 Å². The van der Waals surface area contributed by atoms with Crippen molar-refractivity contribution in [2.24, 2.45) is 0 Å². The van der Waals surface area contributed by atoms with Gasteiger partial charge in [-0.3, -0.25) is 9.78 Å². The minimum absolute atomic E-state index is 0.0332. The Morgan fingerprint density at radius 2 is 1.87 bits per heavy atom. The summed E-state index contributed by atoms with van der Waals surface area (Å²) in [5, 5.41) is 3.46. The Morgan fingerprint density at radius 1 is 1.00 bits per heavy atom. The van der Waals surface area contributed by atoms with Crippen molar-refractivity contribution in [3.05, 3.63) is 90.0 Å². The number of aromatic nitrogens is 3. The van der Waals surface area contributed by atoms with Crippen LogP contribution in [0.25, 0.3) is 10.9 Å². The van der Waals surface area contributed by atoms with Crippen LogP contribution < -0.4 is 10.1 Å². The number of pyridine rings is 3. The largest absolute Gasteiger partial charge is 0.439 e. The van der Waals surface area contributed by atoms with Crippen LogP contribution in [0.2, 0.25) is 0 Å². The number of nitrogens with one attached hydrogen (secondary N) is 1. The van der Waals surface area contributed by atoms with Crippen LogP contribution in [-0.4, -0.2) is 20.9 Å². The maximum absolute atomic E-state index is 12.6. The molecule has 31 heavy (non-hydrogen) atoms. The number of rotatable bonds is 5. The van der Waals surface area contributed by atoms with Gasteiger partial charge < -0.3 is 10.1 Å². The van der Waals surface area contributed by atoms with Gasteiger partial charge in [-0.1, -0.05) is 12.1 Å². The first-order valence-corrected chi connectivity index (χ1v) is 9.18. The highest BCUT2D eigenvalue weighted by Crippen LogP contribution is 2.30. The van der Waals surface area contributed by atoms with Gasteiger partial charge in [0.2, 0.25) is 5.88 Å². The van der Waals surface area contributed by atoms with Gasteiger partial charge in [0.1, 0.15) is 11.4 Å². The molecule has 0 saturated carbocycles. The van der Waals surface area contributed by atoms with Gasteiger partial charge in [0.15, 0.2) is 0 Å². The summed E-state index contributed by atoms with van der Waals surface area (Å²) in [5.74, 6) is 0.0848. The molecule has 0 spiro atoms. The van der Waals surface area contributed by atoms with E-state index in [9.17, 15) is 18.0 Å². The van der Waals surface area contributed by atoms with Gasteiger partial charge in [0.25, 0.3) is 5.91 Å². The van der Waals surface area contributed by atoms with Gasteiger partial charge in [0.05, 0.1) is 23.3 Å². The molecular weight excluding hydrogens is 409 g/mol. The molecule has 0 atom stereocenters. The zero-order chi connectivity index (χ0) is 21.8. The summed E-state index contributed by atoms with van der Waals surface area (Å²) in [5.41, 5.74) is 0.700. The maximum Gasteiger partial charge on any atom is 0.417 e. The SMILES string of the molecule is O=C(NCc1ccccn1)c1ccc2cc(Oc3ccc(C(F)(F)F)cn3)ccc2n1. The van der Waals surface area contributed by atoms with E-state index in [-0.39, 0.29) is 24.0 Å². The number of amides is 1. The van der Waals surface area contributed by atoms with Crippen LogP contribution >= 0.6 is 0 Å². The van der Waals surface area contributed by atoms with Crippen molar-refractivity contribution >= 4 is 16.8 Å². The Kier molecular flexibility index (Phi) is 5.48. The Balaban J connectivity index is 1.46. The maximum atomic E-state index is 12.6. The van der Waals surface area contributed by atoms with Gasteiger partial charge in [0, 0.05) is 23.8 Å². The molecule has 1 aromatic carbocycles. The van der Waals surface area contributed by atoms with E-state index >= 15 is 0 Å². The number of hydrogen-bond donors (Lipinski definition) is 1. The first kappa shape index (κ1) is 20.3. The summed E-state index contributed by atoms with van der Waals surface area (Å²) in [4.78, 5) is 24.5. The Hall–Kier alpha value is -4.01. The molecule has 0 saturated heterocycles. The minimum Gasteiger partial charge on any atom is -0.439 e. The van der Waals surface area contributed by atoms with Gasteiger partial charge in [-0.05, 0) is 42.5 Å². The lowest BCUT2D eigenvalue weighted by Gasteiger charge is -2.09. The Bertz CT molecular complexity index is 1210. The highest BCUT2D eigenvalue weighted by atomic mass is 19.4. The quantitative estimate of drug-likeness (QED) is 0.500. The van der Waals surface area contributed by atoms with E-state index in [2.05, 4.69) is 20.3 Å². The van der Waals surface area contributed by atoms with Crippen LogP contribution in [-0.2, 0) is 12.7 Å². The molecule has 9 heteroatoms. The molecule has 0 aliphatic carbocycles. The number of ether oxygens (including phenoxy) is 1. The van der Waals surface area contributed by atoms with Crippen LogP contribution in [0, 0.1) is 0 Å². The molecule has 3 heterocycles. The summed E-state index contributed by atoms with van der Waals surface area (Å²) in [6, 6.07) is 15.7. The second kappa shape index (κ2) is 8.39. The molecule has 0 radical (unpaired) electrons. The number of benzene rings is 1. The monoisotopic (exact) mass is 424 g/mol. The van der Waals surface area contributed by atoms with Crippen LogP contribution in [0.5, 0.6) is 11.6 Å². The summed E-state index contributed by atoms with van der Waals surface area (Å²) in [6.45, 7) is 0.284. The summed E-state index contributed by atoms with van der Waals surface area (Å²) in [7, 11) is 0. The Labute approximate surface area is 174 Å². The van der Waals surface area contributed by atoms with Crippen molar-refractivity contribution in [3.8, 4) is 11.6 Å². The summed E-state index contributed by atoms with van der Waals surface area (Å²) < 4.78 is 43.4. The fourth-order valence-electron chi connectivity index (χ4n) is 2.79. The van der Waals surface area contributed by atoms with E-state index in [0.717, 1.165) is 17.8 Å². The number of fused-ring (bicyclic) bond motifs is 1. The first-order chi connectivity index (χ1) is 14.9. The third-order valence-corrected chi connectivity index (χ3v) is 4.34. The minimum atomic E-state index is -4.46. The zero-order valence-corrected chi connectivity index (χ0v) is 15.9. The molecule has 0 unspecified atom stereocenters. The number of carbonyl (C=O) groups excluding carboxylic acids is 1. The molecular formula is C22H15F3N4O2. The van der Waals surface area contributed by atoms with Crippen molar-refractivity contribution in [2.45, 2.75) is 12.7 Å². The van der Waals surface area contributed by atoms with E-state index < -0.39 is 11.7 Å². The lowest BCUT2D eigenvalue weighted by atomic mass is 10.2. The molecule has 3 aromatic heterocycles. The lowest BCUT2D eigenvalue weighted by molar-refractivity contribution is -0.137. The number of nitrogens with zero attached hydrogens (tertiary/aromatic N) is 3. The van der Waals surface area contributed by atoms with E-state index in [1.54, 1.807) is 48.7 Å². The van der Waals surface area contributed by atoms with Crippen LogP contribution in [0.1, 0.15) is 21.7 Å². The van der Waals surface area contributed by atoms with Crippen molar-refractivity contribution in [3.63, 3.8) is 0 Å². The average molecular weight is 424 g/mol. The number of halogens is 3. The van der Waals surface area contributed by atoms with Crippen LogP contribution in [0.15, 0.2) is 73.1 Å². The summed E-state index contributed by atoms with van der Waals surface area (Å²) >= 11 is 0. The Morgan fingerprint density at radius 3 is 2.58 bits per heavy atom. The van der Waals surface area contributed by atoms with E-state index in [0.29, 0.717) is 22.8 Å². The molecule has 4 rings (SSSR count). The molecule has 0 aliphatic heterocycles. The molecule has 1 amide bonds. The van der Waals surface area contributed by atoms with Gasteiger partial charge in [-0.2, -0.15) is 13.2 Å². The second-order valence-electron chi connectivity index (χ2n) is 6.54. The molecule has 156 valence electrons. The number of carbonyl (C=O) groups is 1. The van der Waals surface area contributed by atoms with Crippen molar-refractivity contribution in [1.29, 1.82) is 0 Å². The molecule has 0 aliphatic rings. The highest BCUT2D eigenvalue weighted by Gasteiger charge is 2.30. The topological polar surface area (TPSA) is 77.0 Å². The van der Waals surface area contributed by atoms with E-state index in [1.807, 2.05) is 6.07 Å². The second-order valence-corrected chi connectivity index (χ2v) is 6.54. The molecule has 4 aromatic rings. The van der Waals surface area contributed by atoms with Crippen molar-refractivity contribution in [2.75, 3.05) is 0 Å². The smallest absolute Gasteiger partial charge is 0.417 e. The average Bonchev–Trinajstić information content (AvgIpc) is 2.77. The van der Waals surface area contributed by atoms with E-state index in [1.165, 1.54) is 0 Å². The van der Waals surface area contributed by atoms with Crippen molar-refractivity contribution in [1.82, 2.24) is 20.3 Å². The molecule has 6 nitrogen and oxygen atoms in total. The fourth-order valence-corrected chi connectivity index (χ4v) is 2.79. The first-order valence-electron chi connectivity index (χ1n) is 9.18.